The Hall–Kier alpha value is -1.55. The molecule has 0 aliphatic carbocycles. The highest BCUT2D eigenvalue weighted by Gasteiger charge is 2.08. The van der Waals surface area contributed by atoms with Crippen molar-refractivity contribution in [3.8, 4) is 0 Å². The zero-order valence-corrected chi connectivity index (χ0v) is 10.1. The SMILES string of the molecule is CCCNCc1ncoc1CCc1ccco1. The fourth-order valence-corrected chi connectivity index (χ4v) is 1.72. The van der Waals surface area contributed by atoms with Gasteiger partial charge in [-0.05, 0) is 25.1 Å². The maximum atomic E-state index is 5.40. The van der Waals surface area contributed by atoms with Crippen molar-refractivity contribution in [3.63, 3.8) is 0 Å². The van der Waals surface area contributed by atoms with E-state index in [9.17, 15) is 0 Å². The first-order chi connectivity index (χ1) is 8.40. The molecule has 2 rings (SSSR count). The molecule has 0 unspecified atom stereocenters. The Labute approximate surface area is 101 Å². The van der Waals surface area contributed by atoms with Gasteiger partial charge < -0.3 is 14.2 Å². The van der Waals surface area contributed by atoms with Gasteiger partial charge in [0.1, 0.15) is 11.5 Å². The summed E-state index contributed by atoms with van der Waals surface area (Å²) in [4.78, 5) is 4.23. The molecule has 0 saturated heterocycles. The molecule has 0 radical (unpaired) electrons. The lowest BCUT2D eigenvalue weighted by Crippen LogP contribution is -2.15. The zero-order valence-electron chi connectivity index (χ0n) is 10.1. The van der Waals surface area contributed by atoms with E-state index < -0.39 is 0 Å². The molecule has 0 bridgehead atoms. The van der Waals surface area contributed by atoms with Crippen LogP contribution >= 0.6 is 0 Å². The van der Waals surface area contributed by atoms with E-state index in [1.165, 1.54) is 6.39 Å². The molecule has 4 heteroatoms. The van der Waals surface area contributed by atoms with Crippen molar-refractivity contribution in [2.24, 2.45) is 0 Å². The maximum absolute atomic E-state index is 5.40. The van der Waals surface area contributed by atoms with E-state index in [1.54, 1.807) is 6.26 Å². The van der Waals surface area contributed by atoms with Crippen molar-refractivity contribution in [2.75, 3.05) is 6.54 Å². The molecular formula is C13H18N2O2. The minimum atomic E-state index is 0.776. The third-order valence-electron chi connectivity index (χ3n) is 2.62. The predicted molar refractivity (Wildman–Crippen MR) is 64.6 cm³/mol. The standard InChI is InChI=1S/C13H18N2O2/c1-2-7-14-9-12-13(17-10-15-12)6-5-11-4-3-8-16-11/h3-4,8,10,14H,2,5-7,9H2,1H3. The number of rotatable bonds is 7. The smallest absolute Gasteiger partial charge is 0.181 e. The Bertz CT molecular complexity index is 420. The summed E-state index contributed by atoms with van der Waals surface area (Å²) in [5.74, 6) is 1.93. The number of aromatic nitrogens is 1. The number of hydrogen-bond donors (Lipinski definition) is 1. The summed E-state index contributed by atoms with van der Waals surface area (Å²) in [5.41, 5.74) is 1.00. The van der Waals surface area contributed by atoms with Crippen molar-refractivity contribution >= 4 is 0 Å². The summed E-state index contributed by atoms with van der Waals surface area (Å²) in [6.07, 6.45) is 6.01. The molecular weight excluding hydrogens is 216 g/mol. The second-order valence-electron chi connectivity index (χ2n) is 3.98. The molecule has 0 fully saturated rings. The van der Waals surface area contributed by atoms with E-state index >= 15 is 0 Å². The van der Waals surface area contributed by atoms with Crippen LogP contribution in [0.1, 0.15) is 30.6 Å². The average molecular weight is 234 g/mol. The van der Waals surface area contributed by atoms with Gasteiger partial charge in [0.15, 0.2) is 6.39 Å². The van der Waals surface area contributed by atoms with Crippen molar-refractivity contribution in [1.82, 2.24) is 10.3 Å². The molecule has 4 nitrogen and oxygen atoms in total. The van der Waals surface area contributed by atoms with Gasteiger partial charge in [-0.25, -0.2) is 4.98 Å². The molecule has 0 amide bonds. The number of nitrogens with zero attached hydrogens (tertiary/aromatic N) is 1. The molecule has 0 aliphatic heterocycles. The van der Waals surface area contributed by atoms with Crippen LogP contribution in [0.15, 0.2) is 33.6 Å². The van der Waals surface area contributed by atoms with Crippen molar-refractivity contribution in [2.45, 2.75) is 32.7 Å². The molecule has 2 heterocycles. The van der Waals surface area contributed by atoms with Crippen LogP contribution in [0.25, 0.3) is 0 Å². The van der Waals surface area contributed by atoms with Crippen LogP contribution in [-0.4, -0.2) is 11.5 Å². The van der Waals surface area contributed by atoms with Gasteiger partial charge in [-0.1, -0.05) is 6.92 Å². The van der Waals surface area contributed by atoms with Gasteiger partial charge in [-0.3, -0.25) is 0 Å². The minimum absolute atomic E-state index is 0.776. The lowest BCUT2D eigenvalue weighted by Gasteiger charge is -2.02. The molecule has 17 heavy (non-hydrogen) atoms. The second kappa shape index (κ2) is 6.25. The minimum Gasteiger partial charge on any atom is -0.469 e. The zero-order chi connectivity index (χ0) is 11.9. The molecule has 2 aromatic heterocycles. The topological polar surface area (TPSA) is 51.2 Å². The first kappa shape index (κ1) is 11.9. The molecule has 0 aliphatic rings. The van der Waals surface area contributed by atoms with Crippen molar-refractivity contribution in [3.05, 3.63) is 42.0 Å². The second-order valence-corrected chi connectivity index (χ2v) is 3.98. The van der Waals surface area contributed by atoms with Crippen LogP contribution in [0.3, 0.4) is 0 Å². The molecule has 1 N–H and O–H groups in total. The first-order valence-corrected chi connectivity index (χ1v) is 6.04. The fourth-order valence-electron chi connectivity index (χ4n) is 1.72. The van der Waals surface area contributed by atoms with Crippen molar-refractivity contribution < 1.29 is 8.83 Å². The summed E-state index contributed by atoms with van der Waals surface area (Å²) in [6, 6.07) is 3.88. The Balaban J connectivity index is 1.85. The van der Waals surface area contributed by atoms with Gasteiger partial charge in [-0.15, -0.1) is 0 Å². The Morgan fingerprint density at radius 3 is 3.00 bits per heavy atom. The summed E-state index contributed by atoms with van der Waals surface area (Å²) in [7, 11) is 0. The maximum Gasteiger partial charge on any atom is 0.181 e. The normalized spacial score (nSPS) is 10.9. The Kier molecular flexibility index (Phi) is 4.38. The number of hydrogen-bond acceptors (Lipinski definition) is 4. The van der Waals surface area contributed by atoms with Crippen LogP contribution in [0.2, 0.25) is 0 Å². The summed E-state index contributed by atoms with van der Waals surface area (Å²) in [5, 5.41) is 3.33. The van der Waals surface area contributed by atoms with Crippen LogP contribution in [0.4, 0.5) is 0 Å². The van der Waals surface area contributed by atoms with Gasteiger partial charge in [0.25, 0.3) is 0 Å². The molecule has 0 saturated carbocycles. The number of aryl methyl sites for hydroxylation is 2. The van der Waals surface area contributed by atoms with E-state index in [0.29, 0.717) is 0 Å². The van der Waals surface area contributed by atoms with Gasteiger partial charge >= 0.3 is 0 Å². The average Bonchev–Trinajstić information content (AvgIpc) is 2.97. The van der Waals surface area contributed by atoms with E-state index in [2.05, 4.69) is 17.2 Å². The van der Waals surface area contributed by atoms with Crippen LogP contribution in [0.5, 0.6) is 0 Å². The highest BCUT2D eigenvalue weighted by atomic mass is 16.3. The van der Waals surface area contributed by atoms with Gasteiger partial charge in [0.05, 0.1) is 12.0 Å². The summed E-state index contributed by atoms with van der Waals surface area (Å²) < 4.78 is 10.7. The first-order valence-electron chi connectivity index (χ1n) is 6.04. The van der Waals surface area contributed by atoms with Crippen LogP contribution in [0, 0.1) is 0 Å². The Morgan fingerprint density at radius 1 is 1.29 bits per heavy atom. The van der Waals surface area contributed by atoms with Gasteiger partial charge in [0, 0.05) is 19.4 Å². The highest BCUT2D eigenvalue weighted by molar-refractivity contribution is 5.09. The monoisotopic (exact) mass is 234 g/mol. The number of nitrogens with one attached hydrogen (secondary N) is 1. The third kappa shape index (κ3) is 3.46. The summed E-state index contributed by atoms with van der Waals surface area (Å²) in [6.45, 7) is 3.93. The van der Waals surface area contributed by atoms with E-state index in [-0.39, 0.29) is 0 Å². The fraction of sp³-hybridized carbons (Fsp3) is 0.462. The van der Waals surface area contributed by atoms with Crippen LogP contribution < -0.4 is 5.32 Å². The highest BCUT2D eigenvalue weighted by Crippen LogP contribution is 2.11. The quantitative estimate of drug-likeness (QED) is 0.748. The van der Waals surface area contributed by atoms with Gasteiger partial charge in [0.2, 0.25) is 0 Å². The molecule has 0 atom stereocenters. The van der Waals surface area contributed by atoms with E-state index in [1.807, 2.05) is 12.1 Å². The lowest BCUT2D eigenvalue weighted by atomic mass is 10.2. The predicted octanol–water partition coefficient (Wildman–Crippen LogP) is 2.55. The third-order valence-corrected chi connectivity index (χ3v) is 2.62. The number of oxazole rings is 1. The molecule has 92 valence electrons. The van der Waals surface area contributed by atoms with Crippen LogP contribution in [-0.2, 0) is 19.4 Å². The Morgan fingerprint density at radius 2 is 2.24 bits per heavy atom. The molecule has 2 aromatic rings. The largest absolute Gasteiger partial charge is 0.469 e. The lowest BCUT2D eigenvalue weighted by molar-refractivity contribution is 0.469. The van der Waals surface area contributed by atoms with E-state index in [0.717, 1.165) is 49.6 Å². The van der Waals surface area contributed by atoms with Gasteiger partial charge in [-0.2, -0.15) is 0 Å². The van der Waals surface area contributed by atoms with Crippen molar-refractivity contribution in [1.29, 1.82) is 0 Å². The van der Waals surface area contributed by atoms with E-state index in [4.69, 9.17) is 8.83 Å². The molecule has 0 spiro atoms. The number of furan rings is 1. The molecule has 0 aromatic carbocycles. The summed E-state index contributed by atoms with van der Waals surface area (Å²) >= 11 is 0.